The lowest BCUT2D eigenvalue weighted by atomic mass is 9.63. The Kier molecular flexibility index (Phi) is 5.43. The number of carbonyl (C=O) groups excluding carboxylic acids is 2. The third kappa shape index (κ3) is 3.80. The quantitative estimate of drug-likeness (QED) is 0.803. The van der Waals surface area contributed by atoms with Crippen LogP contribution in [0.3, 0.4) is 0 Å². The molecule has 6 heteroatoms. The van der Waals surface area contributed by atoms with Crippen LogP contribution in [0.5, 0.6) is 0 Å². The van der Waals surface area contributed by atoms with Crippen LogP contribution in [-0.4, -0.2) is 65.0 Å². The van der Waals surface area contributed by atoms with E-state index in [1.807, 2.05) is 6.07 Å². The van der Waals surface area contributed by atoms with Gasteiger partial charge in [0.1, 0.15) is 6.04 Å². The zero-order valence-corrected chi connectivity index (χ0v) is 16.6. The molecule has 3 atom stereocenters. The molecule has 1 unspecified atom stereocenters. The van der Waals surface area contributed by atoms with Crippen LogP contribution in [0.25, 0.3) is 0 Å². The van der Waals surface area contributed by atoms with Gasteiger partial charge in [0.05, 0.1) is 6.10 Å². The lowest BCUT2D eigenvalue weighted by molar-refractivity contribution is -0.137. The summed E-state index contributed by atoms with van der Waals surface area (Å²) in [5.41, 5.74) is 1.66. The molecule has 0 bridgehead atoms. The summed E-state index contributed by atoms with van der Waals surface area (Å²) in [6, 6.07) is 10.0. The largest absolute Gasteiger partial charge is 0.391 e. The van der Waals surface area contributed by atoms with Gasteiger partial charge in [-0.3, -0.25) is 14.5 Å². The first-order valence-electron chi connectivity index (χ1n) is 10.5. The van der Waals surface area contributed by atoms with Gasteiger partial charge in [-0.15, -0.1) is 0 Å². The smallest absolute Gasteiger partial charge is 0.242 e. The fourth-order valence-corrected chi connectivity index (χ4v) is 5.34. The molecule has 2 amide bonds. The minimum atomic E-state index is -0.606. The Hall–Kier alpha value is -1.92. The highest BCUT2D eigenvalue weighted by atomic mass is 16.3. The van der Waals surface area contributed by atoms with E-state index in [0.717, 1.165) is 19.6 Å². The van der Waals surface area contributed by atoms with Gasteiger partial charge in [-0.05, 0) is 29.7 Å². The Morgan fingerprint density at radius 3 is 2.61 bits per heavy atom. The number of likely N-dealkylation sites (tertiary alicyclic amines) is 2. The Balaban J connectivity index is 1.36. The normalized spacial score (nSPS) is 29.1. The van der Waals surface area contributed by atoms with Gasteiger partial charge in [-0.2, -0.15) is 0 Å². The highest BCUT2D eigenvalue weighted by Gasteiger charge is 2.50. The van der Waals surface area contributed by atoms with Crippen molar-refractivity contribution >= 4 is 11.8 Å². The first-order chi connectivity index (χ1) is 13.5. The monoisotopic (exact) mass is 385 g/mol. The molecule has 1 spiro atoms. The number of nitrogens with one attached hydrogen (secondary N) is 1. The molecule has 3 aliphatic rings. The molecule has 1 aromatic rings. The molecule has 0 aromatic heterocycles. The third-order valence-corrected chi connectivity index (χ3v) is 6.99. The average molecular weight is 386 g/mol. The van der Waals surface area contributed by atoms with E-state index < -0.39 is 12.1 Å². The zero-order valence-electron chi connectivity index (χ0n) is 16.6. The number of aliphatic hydroxyl groups excluding tert-OH is 1. The van der Waals surface area contributed by atoms with Gasteiger partial charge < -0.3 is 15.3 Å². The molecule has 3 fully saturated rings. The van der Waals surface area contributed by atoms with E-state index >= 15 is 0 Å². The van der Waals surface area contributed by atoms with Crippen LogP contribution in [0.4, 0.5) is 0 Å². The highest BCUT2D eigenvalue weighted by Crippen LogP contribution is 2.51. The minimum Gasteiger partial charge on any atom is -0.391 e. The van der Waals surface area contributed by atoms with Crippen molar-refractivity contribution in [3.8, 4) is 0 Å². The molecule has 2 heterocycles. The summed E-state index contributed by atoms with van der Waals surface area (Å²) in [6.45, 7) is 5.43. The lowest BCUT2D eigenvalue weighted by Crippen LogP contribution is -2.48. The number of rotatable bonds is 5. The maximum atomic E-state index is 12.7. The van der Waals surface area contributed by atoms with Crippen LogP contribution < -0.4 is 5.32 Å². The summed E-state index contributed by atoms with van der Waals surface area (Å²) in [7, 11) is 0. The van der Waals surface area contributed by atoms with E-state index in [4.69, 9.17) is 0 Å². The number of aliphatic hydroxyl groups is 1. The van der Waals surface area contributed by atoms with Crippen molar-refractivity contribution < 1.29 is 14.7 Å². The van der Waals surface area contributed by atoms with Crippen molar-refractivity contribution in [1.29, 1.82) is 0 Å². The molecule has 2 N–H and O–H groups in total. The van der Waals surface area contributed by atoms with Gasteiger partial charge >= 0.3 is 0 Å². The van der Waals surface area contributed by atoms with Gasteiger partial charge in [-0.1, -0.05) is 36.8 Å². The van der Waals surface area contributed by atoms with Gasteiger partial charge in [0.2, 0.25) is 11.8 Å². The molecule has 1 saturated carbocycles. The standard InChI is InChI=1S/C22H31N3O3/c1-16(26)25-14-19(27)10-20(25)21(28)23-11-18-13-24(15-22(18)8-5-9-22)12-17-6-3-2-4-7-17/h2-4,6-7,18-20,27H,5,8-15H2,1H3,(H,23,28)/t18?,19-,20-/m1/s1. The van der Waals surface area contributed by atoms with E-state index in [1.54, 1.807) is 0 Å². The first kappa shape index (κ1) is 19.4. The molecule has 152 valence electrons. The minimum absolute atomic E-state index is 0.122. The maximum absolute atomic E-state index is 12.7. The second-order valence-electron chi connectivity index (χ2n) is 8.89. The second-order valence-corrected chi connectivity index (χ2v) is 8.89. The van der Waals surface area contributed by atoms with E-state index in [0.29, 0.717) is 24.3 Å². The molecular formula is C22H31N3O3. The predicted molar refractivity (Wildman–Crippen MR) is 106 cm³/mol. The molecule has 28 heavy (non-hydrogen) atoms. The number of β-amino-alcohol motifs (C(OH)–C–C–N with tert-alkyl or cyclic N) is 1. The van der Waals surface area contributed by atoms with Crippen LogP contribution >= 0.6 is 0 Å². The number of hydrogen-bond acceptors (Lipinski definition) is 4. The highest BCUT2D eigenvalue weighted by molar-refractivity contribution is 5.87. The fourth-order valence-electron chi connectivity index (χ4n) is 5.34. The molecule has 4 rings (SSSR count). The predicted octanol–water partition coefficient (Wildman–Crippen LogP) is 1.39. The molecule has 2 saturated heterocycles. The Morgan fingerprint density at radius 2 is 1.96 bits per heavy atom. The number of carbonyl (C=O) groups is 2. The van der Waals surface area contributed by atoms with Gasteiger partial charge in [-0.25, -0.2) is 0 Å². The number of hydrogen-bond donors (Lipinski definition) is 2. The van der Waals surface area contributed by atoms with E-state index in [2.05, 4.69) is 34.5 Å². The molecule has 0 radical (unpaired) electrons. The summed E-state index contributed by atoms with van der Waals surface area (Å²) in [4.78, 5) is 28.5. The van der Waals surface area contributed by atoms with Crippen LogP contribution in [0.15, 0.2) is 30.3 Å². The van der Waals surface area contributed by atoms with E-state index in [9.17, 15) is 14.7 Å². The number of nitrogens with zero attached hydrogens (tertiary/aromatic N) is 2. The summed E-state index contributed by atoms with van der Waals surface area (Å²) in [5.74, 6) is 0.177. The summed E-state index contributed by atoms with van der Waals surface area (Å²) in [5, 5.41) is 13.0. The summed E-state index contributed by atoms with van der Waals surface area (Å²) < 4.78 is 0. The molecule has 2 aliphatic heterocycles. The molecular weight excluding hydrogens is 354 g/mol. The summed E-state index contributed by atoms with van der Waals surface area (Å²) >= 11 is 0. The number of benzene rings is 1. The van der Waals surface area contributed by atoms with Crippen molar-refractivity contribution in [2.45, 2.75) is 51.3 Å². The van der Waals surface area contributed by atoms with E-state index in [1.165, 1.54) is 36.6 Å². The van der Waals surface area contributed by atoms with Crippen LogP contribution in [0.2, 0.25) is 0 Å². The fraction of sp³-hybridized carbons (Fsp3) is 0.636. The topological polar surface area (TPSA) is 72.9 Å². The second kappa shape index (κ2) is 7.84. The van der Waals surface area contributed by atoms with Crippen molar-refractivity contribution in [3.63, 3.8) is 0 Å². The van der Waals surface area contributed by atoms with Crippen LogP contribution in [0.1, 0.15) is 38.2 Å². The average Bonchev–Trinajstić information content (AvgIpc) is 3.21. The summed E-state index contributed by atoms with van der Waals surface area (Å²) in [6.07, 6.45) is 3.48. The molecule has 6 nitrogen and oxygen atoms in total. The van der Waals surface area contributed by atoms with Crippen molar-refractivity contribution in [2.75, 3.05) is 26.2 Å². The Bertz CT molecular complexity index is 719. The lowest BCUT2D eigenvalue weighted by Gasteiger charge is -2.43. The van der Waals surface area contributed by atoms with Gasteiger partial charge in [0.25, 0.3) is 0 Å². The Morgan fingerprint density at radius 1 is 1.21 bits per heavy atom. The number of amides is 2. The van der Waals surface area contributed by atoms with Crippen molar-refractivity contribution in [1.82, 2.24) is 15.1 Å². The molecule has 1 aromatic carbocycles. The van der Waals surface area contributed by atoms with Crippen LogP contribution in [-0.2, 0) is 16.1 Å². The van der Waals surface area contributed by atoms with Gasteiger partial charge in [0.15, 0.2) is 0 Å². The van der Waals surface area contributed by atoms with Crippen molar-refractivity contribution in [3.05, 3.63) is 35.9 Å². The third-order valence-electron chi connectivity index (χ3n) is 6.99. The molecule has 1 aliphatic carbocycles. The first-order valence-corrected chi connectivity index (χ1v) is 10.5. The Labute approximate surface area is 166 Å². The van der Waals surface area contributed by atoms with Gasteiger partial charge in [0, 0.05) is 46.1 Å². The SMILES string of the molecule is CC(=O)N1C[C@H](O)C[C@@H]1C(=O)NCC1CN(Cc2ccccc2)CC12CCC2. The van der Waals surface area contributed by atoms with Crippen LogP contribution in [0, 0.1) is 11.3 Å². The zero-order chi connectivity index (χ0) is 19.7. The van der Waals surface area contributed by atoms with Crippen molar-refractivity contribution in [2.24, 2.45) is 11.3 Å². The van der Waals surface area contributed by atoms with E-state index in [-0.39, 0.29) is 18.4 Å². The maximum Gasteiger partial charge on any atom is 0.242 e.